The average molecular weight is 409 g/mol. The van der Waals surface area contributed by atoms with E-state index in [9.17, 15) is 18.3 Å². The highest BCUT2D eigenvalue weighted by Crippen LogP contribution is 2.32. The molecule has 1 aliphatic carbocycles. The normalized spacial score (nSPS) is 18.7. The molecular formula is C18H14F3N3O5. The lowest BCUT2D eigenvalue weighted by Crippen LogP contribution is -2.41. The predicted molar refractivity (Wildman–Crippen MR) is 90.4 cm³/mol. The highest BCUT2D eigenvalue weighted by Gasteiger charge is 2.34. The van der Waals surface area contributed by atoms with Gasteiger partial charge in [-0.1, -0.05) is 6.07 Å². The van der Waals surface area contributed by atoms with E-state index in [1.54, 1.807) is 6.07 Å². The lowest BCUT2D eigenvalue weighted by molar-refractivity contribution is -0.274. The molecule has 3 aromatic rings. The Kier molecular flexibility index (Phi) is 4.87. The molecule has 4 rings (SSSR count). The molecule has 0 unspecified atom stereocenters. The average Bonchev–Trinajstić information content (AvgIpc) is 3.06. The Labute approximate surface area is 161 Å². The van der Waals surface area contributed by atoms with Crippen LogP contribution in [-0.2, 0) is 0 Å². The first-order chi connectivity index (χ1) is 13.8. The minimum absolute atomic E-state index is 0.149. The Morgan fingerprint density at radius 3 is 2.41 bits per heavy atom. The van der Waals surface area contributed by atoms with Crippen molar-refractivity contribution in [3.05, 3.63) is 42.7 Å². The third-order valence-electron chi connectivity index (χ3n) is 4.06. The van der Waals surface area contributed by atoms with Gasteiger partial charge in [0.15, 0.2) is 5.76 Å². The van der Waals surface area contributed by atoms with E-state index in [-0.39, 0.29) is 35.3 Å². The number of aromatic nitrogens is 3. The fourth-order valence-electron chi connectivity index (χ4n) is 2.71. The Bertz CT molecular complexity index is 971. The molecule has 1 aromatic carbocycles. The van der Waals surface area contributed by atoms with Gasteiger partial charge in [0.05, 0.1) is 18.5 Å². The van der Waals surface area contributed by atoms with Crippen molar-refractivity contribution in [1.29, 1.82) is 0 Å². The number of alkyl halides is 3. The summed E-state index contributed by atoms with van der Waals surface area (Å²) in [4.78, 5) is 8.25. The summed E-state index contributed by atoms with van der Waals surface area (Å²) >= 11 is 0. The van der Waals surface area contributed by atoms with Gasteiger partial charge in [-0.05, 0) is 17.3 Å². The van der Waals surface area contributed by atoms with Crippen LogP contribution in [0.15, 0.2) is 47.2 Å². The Hall–Kier alpha value is -3.50. The van der Waals surface area contributed by atoms with Gasteiger partial charge in [0, 0.05) is 18.9 Å². The highest BCUT2D eigenvalue weighted by atomic mass is 19.4. The van der Waals surface area contributed by atoms with Crippen molar-refractivity contribution in [2.75, 3.05) is 0 Å². The van der Waals surface area contributed by atoms with Crippen LogP contribution in [0.25, 0.3) is 11.5 Å². The van der Waals surface area contributed by atoms with Crippen molar-refractivity contribution in [3.63, 3.8) is 0 Å². The fraction of sp³-hybridized carbons (Fsp3) is 0.278. The highest BCUT2D eigenvalue weighted by molar-refractivity contribution is 5.51. The summed E-state index contributed by atoms with van der Waals surface area (Å²) < 4.78 is 56.9. The van der Waals surface area contributed by atoms with Gasteiger partial charge in [-0.15, -0.1) is 13.2 Å². The minimum Gasteiger partial charge on any atom is -0.491 e. The van der Waals surface area contributed by atoms with Gasteiger partial charge in [0.1, 0.15) is 29.4 Å². The number of nitrogens with zero attached hydrogens (tertiary/aromatic N) is 3. The maximum atomic E-state index is 12.3. The van der Waals surface area contributed by atoms with E-state index >= 15 is 0 Å². The molecule has 0 aliphatic heterocycles. The van der Waals surface area contributed by atoms with E-state index in [1.165, 1.54) is 36.7 Å². The smallest absolute Gasteiger partial charge is 0.491 e. The van der Waals surface area contributed by atoms with Crippen molar-refractivity contribution in [3.8, 4) is 34.7 Å². The van der Waals surface area contributed by atoms with Crippen LogP contribution >= 0.6 is 0 Å². The molecular weight excluding hydrogens is 395 g/mol. The van der Waals surface area contributed by atoms with Crippen LogP contribution in [0.1, 0.15) is 12.8 Å². The van der Waals surface area contributed by atoms with Gasteiger partial charge < -0.3 is 23.8 Å². The molecule has 1 saturated carbocycles. The van der Waals surface area contributed by atoms with E-state index in [1.807, 2.05) is 0 Å². The summed E-state index contributed by atoms with van der Waals surface area (Å²) in [5.74, 6) is 0.280. The third kappa shape index (κ3) is 4.86. The van der Waals surface area contributed by atoms with Crippen LogP contribution in [0.3, 0.4) is 0 Å². The zero-order valence-corrected chi connectivity index (χ0v) is 14.7. The Morgan fingerprint density at radius 2 is 1.76 bits per heavy atom. The Balaban J connectivity index is 1.27. The van der Waals surface area contributed by atoms with Crippen molar-refractivity contribution >= 4 is 0 Å². The summed E-state index contributed by atoms with van der Waals surface area (Å²) in [7, 11) is 0. The first-order valence-corrected chi connectivity index (χ1v) is 8.51. The van der Waals surface area contributed by atoms with Crippen LogP contribution in [0, 0.1) is 0 Å². The first kappa shape index (κ1) is 18.8. The second kappa shape index (κ2) is 7.49. The van der Waals surface area contributed by atoms with Crippen molar-refractivity contribution < 1.29 is 37.0 Å². The van der Waals surface area contributed by atoms with Crippen LogP contribution < -0.4 is 14.2 Å². The molecule has 0 spiro atoms. The zero-order chi connectivity index (χ0) is 20.4. The van der Waals surface area contributed by atoms with Crippen LogP contribution in [-0.4, -0.2) is 38.8 Å². The maximum absolute atomic E-state index is 12.3. The molecule has 1 aliphatic rings. The largest absolute Gasteiger partial charge is 0.573 e. The molecule has 0 atom stereocenters. The quantitative estimate of drug-likeness (QED) is 0.658. The van der Waals surface area contributed by atoms with E-state index in [0.29, 0.717) is 24.4 Å². The Morgan fingerprint density at radius 1 is 1.00 bits per heavy atom. The zero-order valence-electron chi connectivity index (χ0n) is 14.7. The third-order valence-corrected chi connectivity index (χ3v) is 4.06. The number of rotatable bonds is 6. The van der Waals surface area contributed by atoms with Gasteiger partial charge in [-0.2, -0.15) is 0 Å². The summed E-state index contributed by atoms with van der Waals surface area (Å²) in [5, 5.41) is 12.5. The lowest BCUT2D eigenvalue weighted by Gasteiger charge is -2.34. The molecule has 1 fully saturated rings. The molecule has 11 heteroatoms. The second-order valence-corrected chi connectivity index (χ2v) is 6.26. The summed E-state index contributed by atoms with van der Waals surface area (Å²) in [5.41, 5.74) is 0.390. The number of halogens is 3. The molecule has 0 bridgehead atoms. The molecule has 2 heterocycles. The first-order valence-electron chi connectivity index (χ1n) is 8.51. The molecule has 152 valence electrons. The number of aromatic hydroxyl groups is 1. The summed E-state index contributed by atoms with van der Waals surface area (Å²) in [6.45, 7) is 0. The standard InChI is InChI=1S/C18H14F3N3O5/c19-18(20,21)28-11-3-1-2-10(4-11)26-12-5-13(6-12)27-17-9-22-14(8-23-17)15-7-16(25)24-29-15/h1-4,7-9,12-13H,5-6H2,(H,24,25)/t12-,13-. The number of hydrogen-bond donors (Lipinski definition) is 1. The second-order valence-electron chi connectivity index (χ2n) is 6.26. The molecule has 0 amide bonds. The molecule has 2 aromatic heterocycles. The summed E-state index contributed by atoms with van der Waals surface area (Å²) in [6.07, 6.45) is -1.16. The van der Waals surface area contributed by atoms with Gasteiger partial charge in [0.25, 0.3) is 5.88 Å². The fourth-order valence-corrected chi connectivity index (χ4v) is 2.71. The maximum Gasteiger partial charge on any atom is 0.573 e. The van der Waals surface area contributed by atoms with Crippen LogP contribution in [0.2, 0.25) is 0 Å². The van der Waals surface area contributed by atoms with Crippen LogP contribution in [0.4, 0.5) is 13.2 Å². The lowest BCUT2D eigenvalue weighted by atomic mass is 9.92. The van der Waals surface area contributed by atoms with E-state index < -0.39 is 6.36 Å². The van der Waals surface area contributed by atoms with Crippen molar-refractivity contribution in [2.24, 2.45) is 0 Å². The van der Waals surface area contributed by atoms with Gasteiger partial charge in [0.2, 0.25) is 5.88 Å². The van der Waals surface area contributed by atoms with Crippen molar-refractivity contribution in [2.45, 2.75) is 31.4 Å². The van der Waals surface area contributed by atoms with E-state index in [4.69, 9.17) is 14.0 Å². The molecule has 0 radical (unpaired) electrons. The van der Waals surface area contributed by atoms with Gasteiger partial charge in [-0.3, -0.25) is 0 Å². The van der Waals surface area contributed by atoms with E-state index in [0.717, 1.165) is 0 Å². The number of ether oxygens (including phenoxy) is 3. The summed E-state index contributed by atoms with van der Waals surface area (Å²) in [6, 6.07) is 6.69. The van der Waals surface area contributed by atoms with Gasteiger partial charge >= 0.3 is 6.36 Å². The molecule has 1 N–H and O–H groups in total. The topological polar surface area (TPSA) is 99.7 Å². The number of hydrogen-bond acceptors (Lipinski definition) is 8. The van der Waals surface area contributed by atoms with Gasteiger partial charge in [-0.25, -0.2) is 9.97 Å². The SMILES string of the molecule is Oc1cc(-c2cnc(O[C@H]3C[C@H](Oc4cccc(OC(F)(F)F)c4)C3)cn2)on1. The molecule has 29 heavy (non-hydrogen) atoms. The molecule has 8 nitrogen and oxygen atoms in total. The monoisotopic (exact) mass is 409 g/mol. The van der Waals surface area contributed by atoms with Crippen molar-refractivity contribution in [1.82, 2.24) is 15.1 Å². The van der Waals surface area contributed by atoms with Crippen LogP contribution in [0.5, 0.6) is 23.3 Å². The number of benzene rings is 1. The minimum atomic E-state index is -4.75. The predicted octanol–water partition coefficient (Wildman–Crippen LogP) is 3.72. The van der Waals surface area contributed by atoms with E-state index in [2.05, 4.69) is 19.9 Å². The molecule has 0 saturated heterocycles.